The zero-order valence-corrected chi connectivity index (χ0v) is 24.9. The number of likely N-dealkylation sites (tertiary alicyclic amines) is 1. The molecule has 0 bridgehead atoms. The number of anilines is 1. The number of halogens is 1. The predicted octanol–water partition coefficient (Wildman–Crippen LogP) is 2.96. The van der Waals surface area contributed by atoms with Crippen LogP contribution in [0.2, 0.25) is 0 Å². The average molecular weight is 599 g/mol. The number of hydrogen-bond acceptors (Lipinski definition) is 9. The fourth-order valence-corrected chi connectivity index (χ4v) is 6.70. The summed E-state index contributed by atoms with van der Waals surface area (Å²) in [4.78, 5) is 54.0. The van der Waals surface area contributed by atoms with E-state index in [1.54, 1.807) is 23.5 Å². The molecule has 0 radical (unpaired) electrons. The van der Waals surface area contributed by atoms with Gasteiger partial charge < -0.3 is 24.8 Å². The van der Waals surface area contributed by atoms with Gasteiger partial charge in [-0.25, -0.2) is 9.37 Å². The van der Waals surface area contributed by atoms with Crippen molar-refractivity contribution in [3.05, 3.63) is 45.1 Å². The van der Waals surface area contributed by atoms with E-state index in [1.165, 1.54) is 18.7 Å². The molecule has 14 heteroatoms. The Morgan fingerprint density at radius 2 is 1.95 bits per heavy atom. The number of carbonyl (C=O) groups is 3. The largest absolute Gasteiger partial charge is 0.367 e. The highest BCUT2D eigenvalue weighted by atomic mass is 32.1. The first-order valence-electron chi connectivity index (χ1n) is 14.0. The normalized spacial score (nSPS) is 23.5. The maximum absolute atomic E-state index is 14.8. The van der Waals surface area contributed by atoms with E-state index >= 15 is 0 Å². The number of nitrogens with zero attached hydrogens (tertiary/aromatic N) is 7. The third kappa shape index (κ3) is 6.26. The summed E-state index contributed by atoms with van der Waals surface area (Å²) in [5.41, 5.74) is 9.15. The lowest BCUT2D eigenvalue weighted by atomic mass is 9.98. The lowest BCUT2D eigenvalue weighted by Gasteiger charge is -2.32. The molecule has 224 valence electrons. The molecule has 5 rings (SSSR count). The maximum atomic E-state index is 14.8. The standard InChI is InChI=1S/C28H35FN8O4S/c1-16-22(32-27(42-16)36-11-9-35(4)10-12-36)17-5-7-18(8-6-17)25(39)31-19(13-28(2,3)29)26(40)37-14-20(33-34-30)24-23(37)21(38)15-41-24/h5-8,19-20,23-24H,9-15H2,1-4H3,(H,31,39)/t19-,20+,23+,24+/m0/s1. The molecule has 0 unspecified atom stereocenters. The van der Waals surface area contributed by atoms with Gasteiger partial charge in [0.15, 0.2) is 10.9 Å². The number of thiazole rings is 1. The van der Waals surface area contributed by atoms with Gasteiger partial charge in [0.25, 0.3) is 5.91 Å². The summed E-state index contributed by atoms with van der Waals surface area (Å²) in [6, 6.07) is 3.99. The van der Waals surface area contributed by atoms with E-state index in [2.05, 4.69) is 32.2 Å². The summed E-state index contributed by atoms with van der Waals surface area (Å²) < 4.78 is 20.3. The Bertz CT molecular complexity index is 1400. The van der Waals surface area contributed by atoms with Crippen molar-refractivity contribution in [3.63, 3.8) is 0 Å². The maximum Gasteiger partial charge on any atom is 0.251 e. The van der Waals surface area contributed by atoms with Gasteiger partial charge in [-0.3, -0.25) is 14.4 Å². The van der Waals surface area contributed by atoms with Crippen LogP contribution in [0.3, 0.4) is 0 Å². The lowest BCUT2D eigenvalue weighted by molar-refractivity contribution is -0.138. The van der Waals surface area contributed by atoms with Crippen LogP contribution in [0.15, 0.2) is 29.4 Å². The van der Waals surface area contributed by atoms with E-state index < -0.39 is 41.7 Å². The Kier molecular flexibility index (Phi) is 8.51. The number of benzene rings is 1. The fourth-order valence-electron chi connectivity index (χ4n) is 5.72. The van der Waals surface area contributed by atoms with Crippen LogP contribution in [0.1, 0.15) is 35.5 Å². The number of ether oxygens (including phenoxy) is 1. The second kappa shape index (κ2) is 12.0. The van der Waals surface area contributed by atoms with Crippen molar-refractivity contribution in [2.45, 2.75) is 57.1 Å². The molecular weight excluding hydrogens is 563 g/mol. The summed E-state index contributed by atoms with van der Waals surface area (Å²) in [5, 5.41) is 7.34. The molecule has 1 aromatic heterocycles. The van der Waals surface area contributed by atoms with Gasteiger partial charge >= 0.3 is 0 Å². The number of amides is 2. The van der Waals surface area contributed by atoms with Crippen molar-refractivity contribution in [2.24, 2.45) is 5.11 Å². The number of azide groups is 1. The lowest BCUT2D eigenvalue weighted by Crippen LogP contribution is -2.53. The fraction of sp³-hybridized carbons (Fsp3) is 0.571. The number of nitrogens with one attached hydrogen (secondary N) is 1. The Balaban J connectivity index is 1.31. The van der Waals surface area contributed by atoms with Gasteiger partial charge in [-0.15, -0.1) is 11.3 Å². The molecule has 12 nitrogen and oxygen atoms in total. The molecule has 3 fully saturated rings. The van der Waals surface area contributed by atoms with Gasteiger partial charge in [0.2, 0.25) is 5.91 Å². The number of likely N-dealkylation sites (N-methyl/N-ethyl adjacent to an activating group) is 1. The zero-order valence-electron chi connectivity index (χ0n) is 24.1. The van der Waals surface area contributed by atoms with Crippen LogP contribution in [-0.4, -0.2) is 109 Å². The number of alkyl halides is 1. The molecule has 4 heterocycles. The Morgan fingerprint density at radius 1 is 1.26 bits per heavy atom. The van der Waals surface area contributed by atoms with Gasteiger partial charge in [-0.1, -0.05) is 17.2 Å². The van der Waals surface area contributed by atoms with E-state index in [0.717, 1.165) is 47.4 Å². The minimum Gasteiger partial charge on any atom is -0.367 e. The molecule has 3 aliphatic rings. The van der Waals surface area contributed by atoms with Crippen LogP contribution in [-0.2, 0) is 14.3 Å². The molecule has 1 aromatic carbocycles. The van der Waals surface area contributed by atoms with Crippen LogP contribution in [0.5, 0.6) is 0 Å². The van der Waals surface area contributed by atoms with Crippen molar-refractivity contribution < 1.29 is 23.5 Å². The number of aryl methyl sites for hydroxylation is 1. The molecule has 0 aliphatic carbocycles. The Labute approximate surface area is 247 Å². The summed E-state index contributed by atoms with van der Waals surface area (Å²) in [5.74, 6) is -1.49. The zero-order chi connectivity index (χ0) is 30.2. The average Bonchev–Trinajstić information content (AvgIpc) is 3.63. The van der Waals surface area contributed by atoms with Crippen LogP contribution in [0.4, 0.5) is 9.52 Å². The molecule has 2 amide bonds. The Morgan fingerprint density at radius 3 is 2.60 bits per heavy atom. The molecule has 2 aromatic rings. The molecule has 3 aliphatic heterocycles. The molecule has 0 spiro atoms. The smallest absolute Gasteiger partial charge is 0.251 e. The first kappa shape index (κ1) is 29.9. The van der Waals surface area contributed by atoms with Crippen molar-refractivity contribution in [3.8, 4) is 11.3 Å². The van der Waals surface area contributed by atoms with E-state index in [1.807, 2.05) is 19.1 Å². The summed E-state index contributed by atoms with van der Waals surface area (Å²) in [7, 11) is 2.11. The molecule has 3 saturated heterocycles. The molecular formula is C28H35FN8O4S. The minimum absolute atomic E-state index is 0.0547. The van der Waals surface area contributed by atoms with Crippen molar-refractivity contribution >= 4 is 34.1 Å². The topological polar surface area (TPSA) is 144 Å². The minimum atomic E-state index is -1.79. The molecule has 4 atom stereocenters. The van der Waals surface area contributed by atoms with Gasteiger partial charge in [-0.2, -0.15) is 0 Å². The number of rotatable bonds is 8. The van der Waals surface area contributed by atoms with Crippen molar-refractivity contribution in [1.29, 1.82) is 0 Å². The summed E-state index contributed by atoms with van der Waals surface area (Å²) in [6.45, 7) is 8.22. The van der Waals surface area contributed by atoms with E-state index in [-0.39, 0.29) is 25.4 Å². The second-order valence-electron chi connectivity index (χ2n) is 11.7. The second-order valence-corrected chi connectivity index (χ2v) is 12.8. The highest BCUT2D eigenvalue weighted by Gasteiger charge is 2.53. The number of Topliss-reactive ketones (excluding diaryl/α,β-unsaturated/α-hetero) is 1. The van der Waals surface area contributed by atoms with E-state index in [4.69, 9.17) is 15.3 Å². The van der Waals surface area contributed by atoms with Crippen LogP contribution in [0.25, 0.3) is 21.7 Å². The number of ketones is 1. The van der Waals surface area contributed by atoms with Crippen molar-refractivity contribution in [1.82, 2.24) is 20.1 Å². The van der Waals surface area contributed by atoms with E-state index in [0.29, 0.717) is 5.56 Å². The SMILES string of the molecule is Cc1sc(N2CCN(C)CC2)nc1-c1ccc(C(=O)N[C@@H](CC(C)(C)F)C(=O)N2C[C@@H](N=[N+]=[N-])[C@H]3OCC(=O)[C@H]32)cc1. The van der Waals surface area contributed by atoms with Gasteiger partial charge in [0.1, 0.15) is 24.4 Å². The van der Waals surface area contributed by atoms with Crippen LogP contribution < -0.4 is 10.2 Å². The first-order chi connectivity index (χ1) is 19.9. The third-order valence-electron chi connectivity index (χ3n) is 7.91. The number of fused-ring (bicyclic) bond motifs is 1. The monoisotopic (exact) mass is 598 g/mol. The highest BCUT2D eigenvalue weighted by Crippen LogP contribution is 2.34. The molecule has 42 heavy (non-hydrogen) atoms. The first-order valence-corrected chi connectivity index (χ1v) is 14.8. The number of piperazine rings is 1. The quantitative estimate of drug-likeness (QED) is 0.280. The van der Waals surface area contributed by atoms with E-state index in [9.17, 15) is 18.8 Å². The van der Waals surface area contributed by atoms with Crippen LogP contribution in [0, 0.1) is 6.92 Å². The Hall–Kier alpha value is -3.58. The number of hydrogen-bond donors (Lipinski definition) is 1. The number of aromatic nitrogens is 1. The molecule has 0 saturated carbocycles. The third-order valence-corrected chi connectivity index (χ3v) is 8.95. The molecule has 1 N–H and O–H groups in total. The summed E-state index contributed by atoms with van der Waals surface area (Å²) in [6.07, 6.45) is -1.07. The van der Waals surface area contributed by atoms with Crippen molar-refractivity contribution in [2.75, 3.05) is 51.3 Å². The van der Waals surface area contributed by atoms with Gasteiger partial charge in [0, 0.05) is 60.1 Å². The highest BCUT2D eigenvalue weighted by molar-refractivity contribution is 7.16. The predicted molar refractivity (Wildman–Crippen MR) is 156 cm³/mol. The summed E-state index contributed by atoms with van der Waals surface area (Å²) >= 11 is 1.65. The number of carbonyl (C=O) groups excluding carboxylic acids is 3. The van der Waals surface area contributed by atoms with Crippen LogP contribution >= 0.6 is 11.3 Å². The van der Waals surface area contributed by atoms with Gasteiger partial charge in [0.05, 0.1) is 17.8 Å². The van der Waals surface area contributed by atoms with Gasteiger partial charge in [-0.05, 0) is 45.5 Å².